The van der Waals surface area contributed by atoms with Crippen LogP contribution < -0.4 is 5.32 Å². The van der Waals surface area contributed by atoms with Crippen LogP contribution in [0.25, 0.3) is 5.57 Å². The Hall–Kier alpha value is -1.78. The Balaban J connectivity index is 1.45. The molecule has 1 aromatic carbocycles. The van der Waals surface area contributed by atoms with E-state index in [2.05, 4.69) is 58.7 Å². The predicted octanol–water partition coefficient (Wildman–Crippen LogP) is 4.10. The highest BCUT2D eigenvalue weighted by molar-refractivity contribution is 7.99. The number of nitrogens with one attached hydrogen (secondary N) is 1. The molecule has 128 valence electrons. The average Bonchev–Trinajstić information content (AvgIpc) is 3.06. The van der Waals surface area contributed by atoms with Crippen molar-refractivity contribution in [2.45, 2.75) is 23.4 Å². The third-order valence-electron chi connectivity index (χ3n) is 5.78. The zero-order valence-corrected chi connectivity index (χ0v) is 15.3. The molecule has 2 unspecified atom stereocenters. The number of fused-ring (bicyclic) bond motifs is 2. The van der Waals surface area contributed by atoms with Crippen LogP contribution in [0.1, 0.15) is 23.5 Å². The lowest BCUT2D eigenvalue weighted by molar-refractivity contribution is 0.234. The molecule has 1 N–H and O–H groups in total. The van der Waals surface area contributed by atoms with Gasteiger partial charge in [0.15, 0.2) is 0 Å². The van der Waals surface area contributed by atoms with Gasteiger partial charge in [0.1, 0.15) is 0 Å². The molecule has 0 radical (unpaired) electrons. The van der Waals surface area contributed by atoms with Crippen molar-refractivity contribution < 1.29 is 0 Å². The molecule has 0 saturated heterocycles. The van der Waals surface area contributed by atoms with E-state index < -0.39 is 0 Å². The molecule has 25 heavy (non-hydrogen) atoms. The van der Waals surface area contributed by atoms with E-state index in [9.17, 15) is 0 Å². The third-order valence-corrected chi connectivity index (χ3v) is 6.92. The summed E-state index contributed by atoms with van der Waals surface area (Å²) in [5, 5.41) is 4.73. The molecule has 0 spiro atoms. The van der Waals surface area contributed by atoms with E-state index in [1.165, 1.54) is 17.7 Å². The van der Waals surface area contributed by atoms with E-state index >= 15 is 0 Å². The van der Waals surface area contributed by atoms with Crippen LogP contribution in [0.3, 0.4) is 0 Å². The average molecular weight is 350 g/mol. The zero-order chi connectivity index (χ0) is 16.8. The van der Waals surface area contributed by atoms with Crippen LogP contribution in [0.2, 0.25) is 0 Å². The summed E-state index contributed by atoms with van der Waals surface area (Å²) in [6, 6.07) is 13.5. The maximum Gasteiger partial charge on any atom is 0.0960 e. The minimum Gasteiger partial charge on any atom is -0.384 e. The fraction of sp³-hybridized carbons (Fsp3) is 0.381. The highest BCUT2D eigenvalue weighted by Crippen LogP contribution is 2.48. The number of anilines is 1. The minimum absolute atomic E-state index is 0.573. The first kappa shape index (κ1) is 15.5. The van der Waals surface area contributed by atoms with Gasteiger partial charge < -0.3 is 5.32 Å². The van der Waals surface area contributed by atoms with Crippen molar-refractivity contribution in [3.63, 3.8) is 0 Å². The number of thioether (sulfide) groups is 1. The fourth-order valence-electron chi connectivity index (χ4n) is 4.67. The SMILES string of the molecule is CN1CC(CSc2ccccn2)C=C2c3cccc4c3C(CN4)C[C@@H]21. The number of hydrogen-bond donors (Lipinski definition) is 1. The van der Waals surface area contributed by atoms with Gasteiger partial charge in [-0.15, -0.1) is 11.8 Å². The summed E-state index contributed by atoms with van der Waals surface area (Å²) in [5.41, 5.74) is 5.96. The van der Waals surface area contributed by atoms with Crippen LogP contribution in [0, 0.1) is 5.92 Å². The maximum absolute atomic E-state index is 4.45. The number of hydrogen-bond acceptors (Lipinski definition) is 4. The highest BCUT2D eigenvalue weighted by Gasteiger charge is 2.39. The summed E-state index contributed by atoms with van der Waals surface area (Å²) in [5.74, 6) is 2.34. The van der Waals surface area contributed by atoms with Crippen LogP contribution >= 0.6 is 11.8 Å². The molecule has 3 heterocycles. The van der Waals surface area contributed by atoms with Crippen LogP contribution in [0.15, 0.2) is 53.7 Å². The van der Waals surface area contributed by atoms with E-state index in [4.69, 9.17) is 0 Å². The van der Waals surface area contributed by atoms with Gasteiger partial charge in [0.25, 0.3) is 0 Å². The molecule has 4 heteroatoms. The number of likely N-dealkylation sites (N-methyl/N-ethyl adjacent to an activating group) is 1. The van der Waals surface area contributed by atoms with Crippen LogP contribution in [-0.4, -0.2) is 41.8 Å². The maximum atomic E-state index is 4.45. The van der Waals surface area contributed by atoms with Gasteiger partial charge in [0.05, 0.1) is 5.03 Å². The standard InChI is InChI=1S/C21H23N3S/c1-24-12-14(13-25-20-7-2-3-8-22-20)9-17-16-5-4-6-18-21(16)15(11-23-18)10-19(17)24/h2-9,14-15,19,23H,10-13H2,1H3/t14?,15?,19-/m0/s1. The van der Waals surface area contributed by atoms with Crippen molar-refractivity contribution in [2.24, 2.45) is 5.92 Å². The third kappa shape index (κ3) is 2.68. The molecule has 3 nitrogen and oxygen atoms in total. The largest absolute Gasteiger partial charge is 0.384 e. The second kappa shape index (κ2) is 6.19. The molecular formula is C21H23N3S. The lowest BCUT2D eigenvalue weighted by atomic mass is 9.75. The fourth-order valence-corrected chi connectivity index (χ4v) is 5.57. The molecule has 3 atom stereocenters. The van der Waals surface area contributed by atoms with E-state index in [0.717, 1.165) is 23.9 Å². The molecule has 0 saturated carbocycles. The van der Waals surface area contributed by atoms with Crippen molar-refractivity contribution in [1.29, 1.82) is 0 Å². The van der Waals surface area contributed by atoms with Gasteiger partial charge in [-0.05, 0) is 54.3 Å². The Labute approximate surface area is 153 Å². The molecule has 0 fully saturated rings. The van der Waals surface area contributed by atoms with Gasteiger partial charge in [-0.3, -0.25) is 4.90 Å². The number of benzene rings is 1. The smallest absolute Gasteiger partial charge is 0.0960 e. The summed E-state index contributed by atoms with van der Waals surface area (Å²) in [7, 11) is 2.30. The molecule has 2 aliphatic heterocycles. The van der Waals surface area contributed by atoms with E-state index in [1.54, 1.807) is 11.1 Å². The molecule has 0 bridgehead atoms. The second-order valence-corrected chi connectivity index (χ2v) is 8.44. The molecule has 2 aromatic rings. The summed E-state index contributed by atoms with van der Waals surface area (Å²) in [6.45, 7) is 2.24. The number of rotatable bonds is 3. The van der Waals surface area contributed by atoms with Crippen molar-refractivity contribution in [3.8, 4) is 0 Å². The lowest BCUT2D eigenvalue weighted by Crippen LogP contribution is -2.43. The van der Waals surface area contributed by atoms with E-state index in [0.29, 0.717) is 17.9 Å². The summed E-state index contributed by atoms with van der Waals surface area (Å²) in [6.07, 6.45) is 5.69. The Morgan fingerprint density at radius 2 is 2.20 bits per heavy atom. The van der Waals surface area contributed by atoms with Crippen LogP contribution in [-0.2, 0) is 0 Å². The monoisotopic (exact) mass is 349 g/mol. The number of pyridine rings is 1. The topological polar surface area (TPSA) is 28.2 Å². The van der Waals surface area contributed by atoms with Gasteiger partial charge in [-0.25, -0.2) is 4.98 Å². The molecule has 1 aromatic heterocycles. The van der Waals surface area contributed by atoms with Crippen LogP contribution in [0.5, 0.6) is 0 Å². The van der Waals surface area contributed by atoms with Crippen molar-refractivity contribution in [3.05, 3.63) is 59.8 Å². The van der Waals surface area contributed by atoms with Gasteiger partial charge in [-0.1, -0.05) is 24.3 Å². The summed E-state index contributed by atoms with van der Waals surface area (Å²) < 4.78 is 0. The molecule has 1 aliphatic carbocycles. The Morgan fingerprint density at radius 1 is 1.24 bits per heavy atom. The minimum atomic E-state index is 0.573. The van der Waals surface area contributed by atoms with Gasteiger partial charge in [0, 0.05) is 42.7 Å². The molecule has 0 amide bonds. The first-order valence-corrected chi connectivity index (χ1v) is 10.1. The van der Waals surface area contributed by atoms with Crippen molar-refractivity contribution in [2.75, 3.05) is 31.2 Å². The van der Waals surface area contributed by atoms with Gasteiger partial charge in [-0.2, -0.15) is 0 Å². The number of aromatic nitrogens is 1. The quantitative estimate of drug-likeness (QED) is 0.845. The predicted molar refractivity (Wildman–Crippen MR) is 105 cm³/mol. The van der Waals surface area contributed by atoms with E-state index in [-0.39, 0.29) is 0 Å². The molecule has 3 aliphatic rings. The van der Waals surface area contributed by atoms with Crippen molar-refractivity contribution >= 4 is 23.0 Å². The Bertz CT molecular complexity index is 817. The Kier molecular flexibility index (Phi) is 3.83. The van der Waals surface area contributed by atoms with Crippen LogP contribution in [0.4, 0.5) is 5.69 Å². The summed E-state index contributed by atoms with van der Waals surface area (Å²) in [4.78, 5) is 7.03. The highest BCUT2D eigenvalue weighted by atomic mass is 32.2. The molecular weight excluding hydrogens is 326 g/mol. The number of nitrogens with zero attached hydrogens (tertiary/aromatic N) is 2. The van der Waals surface area contributed by atoms with Gasteiger partial charge >= 0.3 is 0 Å². The summed E-state index contributed by atoms with van der Waals surface area (Å²) >= 11 is 1.87. The second-order valence-electron chi connectivity index (χ2n) is 7.40. The first-order chi connectivity index (χ1) is 12.3. The van der Waals surface area contributed by atoms with Crippen molar-refractivity contribution in [1.82, 2.24) is 9.88 Å². The first-order valence-electron chi connectivity index (χ1n) is 9.12. The normalized spacial score (nSPS) is 27.2. The van der Waals surface area contributed by atoms with Gasteiger partial charge in [0.2, 0.25) is 0 Å². The lowest BCUT2D eigenvalue weighted by Gasteiger charge is -2.42. The zero-order valence-electron chi connectivity index (χ0n) is 14.5. The Morgan fingerprint density at radius 3 is 3.08 bits per heavy atom. The molecule has 5 rings (SSSR count). The van der Waals surface area contributed by atoms with E-state index in [1.807, 2.05) is 24.0 Å².